The number of fused-ring (bicyclic) bond motifs is 1. The van der Waals surface area contributed by atoms with Gasteiger partial charge in [-0.15, -0.1) is 11.3 Å². The molecule has 0 amide bonds. The molecule has 176 valence electrons. The second kappa shape index (κ2) is 9.21. The van der Waals surface area contributed by atoms with Gasteiger partial charge in [0, 0.05) is 29.1 Å². The zero-order valence-electron chi connectivity index (χ0n) is 17.1. The number of hydrogen-bond donors (Lipinski definition) is 1. The highest BCUT2D eigenvalue weighted by Crippen LogP contribution is 2.34. The molecule has 0 aliphatic carbocycles. The number of allylic oxidation sites excluding steroid dienone is 1. The lowest BCUT2D eigenvalue weighted by molar-refractivity contribution is -0.384. The summed E-state index contributed by atoms with van der Waals surface area (Å²) in [5, 5.41) is 25.1. The largest absolute Gasteiger partial charge is 0.422 e. The maximum absolute atomic E-state index is 13.0. The predicted octanol–water partition coefficient (Wildman–Crippen LogP) is 6.47. The van der Waals surface area contributed by atoms with Crippen molar-refractivity contribution in [1.29, 1.82) is 5.26 Å². The van der Waals surface area contributed by atoms with Crippen molar-refractivity contribution in [2.24, 2.45) is 0 Å². The van der Waals surface area contributed by atoms with Crippen LogP contribution in [0.4, 0.5) is 24.5 Å². The van der Waals surface area contributed by atoms with E-state index < -0.39 is 22.3 Å². The van der Waals surface area contributed by atoms with Crippen LogP contribution in [0.15, 0.2) is 63.3 Å². The lowest BCUT2D eigenvalue weighted by atomic mass is 10.1. The first kappa shape index (κ1) is 23.9. The molecule has 0 bridgehead atoms. The minimum absolute atomic E-state index is 0.00855. The van der Waals surface area contributed by atoms with Crippen LogP contribution in [0, 0.1) is 21.4 Å². The lowest BCUT2D eigenvalue weighted by Crippen LogP contribution is -2.05. The van der Waals surface area contributed by atoms with E-state index in [-0.39, 0.29) is 43.8 Å². The van der Waals surface area contributed by atoms with Gasteiger partial charge in [-0.3, -0.25) is 10.1 Å². The molecule has 8 nitrogen and oxygen atoms in total. The highest BCUT2D eigenvalue weighted by molar-refractivity contribution is 7.11. The van der Waals surface area contributed by atoms with Crippen LogP contribution >= 0.6 is 22.9 Å². The third-order valence-electron chi connectivity index (χ3n) is 4.72. The van der Waals surface area contributed by atoms with Crippen LogP contribution < -0.4 is 10.9 Å². The van der Waals surface area contributed by atoms with Gasteiger partial charge in [-0.05, 0) is 30.3 Å². The SMILES string of the molecule is N#C/C(=C/Nc1cc(C(F)(F)F)ccc1Cl)c1nc(-c2cc3cc([N+](=O)[O-])ccc3oc2=O)cs1. The summed E-state index contributed by atoms with van der Waals surface area (Å²) in [6.45, 7) is 0. The van der Waals surface area contributed by atoms with Crippen molar-refractivity contribution in [3.8, 4) is 17.3 Å². The van der Waals surface area contributed by atoms with Gasteiger partial charge in [-0.25, -0.2) is 9.78 Å². The zero-order valence-corrected chi connectivity index (χ0v) is 18.7. The van der Waals surface area contributed by atoms with Gasteiger partial charge < -0.3 is 9.73 Å². The Morgan fingerprint density at radius 2 is 2.03 bits per heavy atom. The van der Waals surface area contributed by atoms with E-state index in [9.17, 15) is 33.3 Å². The van der Waals surface area contributed by atoms with Gasteiger partial charge in [-0.1, -0.05) is 11.6 Å². The summed E-state index contributed by atoms with van der Waals surface area (Å²) >= 11 is 6.96. The molecule has 4 aromatic rings. The fourth-order valence-electron chi connectivity index (χ4n) is 3.03. The molecule has 0 aliphatic rings. The number of hydrogen-bond acceptors (Lipinski definition) is 8. The van der Waals surface area contributed by atoms with Crippen molar-refractivity contribution in [3.05, 3.63) is 90.2 Å². The van der Waals surface area contributed by atoms with Crippen molar-refractivity contribution in [2.75, 3.05) is 5.32 Å². The van der Waals surface area contributed by atoms with Crippen molar-refractivity contribution >= 4 is 50.9 Å². The molecule has 2 aromatic heterocycles. The maximum atomic E-state index is 13.0. The number of alkyl halides is 3. The number of nitro benzene ring substituents is 1. The molecule has 0 saturated carbocycles. The Kier molecular flexibility index (Phi) is 6.29. The smallest absolute Gasteiger partial charge is 0.416 e. The summed E-state index contributed by atoms with van der Waals surface area (Å²) in [5.41, 5.74) is -1.61. The number of nitrogens with zero attached hydrogens (tertiary/aromatic N) is 3. The van der Waals surface area contributed by atoms with Crippen LogP contribution in [0.5, 0.6) is 0 Å². The Labute approximate surface area is 202 Å². The summed E-state index contributed by atoms with van der Waals surface area (Å²) in [6, 6.07) is 9.77. The van der Waals surface area contributed by atoms with Gasteiger partial charge in [0.25, 0.3) is 5.69 Å². The number of nitro groups is 1. The standard InChI is InChI=1S/C22H10ClF3N4O4S/c23-16-3-1-13(22(24,25)26)7-17(16)28-9-12(8-27)20-29-18(10-35-20)15-6-11-5-14(30(32)33)2-4-19(11)34-21(15)31/h1-7,9-10,28H/b12-9-. The van der Waals surface area contributed by atoms with Gasteiger partial charge in [0.2, 0.25) is 0 Å². The number of rotatable bonds is 5. The quantitative estimate of drug-likeness (QED) is 0.139. The monoisotopic (exact) mass is 518 g/mol. The average Bonchev–Trinajstić information content (AvgIpc) is 3.28. The van der Waals surface area contributed by atoms with E-state index >= 15 is 0 Å². The molecule has 35 heavy (non-hydrogen) atoms. The van der Waals surface area contributed by atoms with Crippen molar-refractivity contribution in [3.63, 3.8) is 0 Å². The molecule has 13 heteroatoms. The van der Waals surface area contributed by atoms with Crippen molar-refractivity contribution < 1.29 is 22.5 Å². The van der Waals surface area contributed by atoms with Crippen LogP contribution in [-0.2, 0) is 6.18 Å². The normalized spacial score (nSPS) is 11.9. The summed E-state index contributed by atoms with van der Waals surface area (Å²) < 4.78 is 44.1. The first-order valence-electron chi connectivity index (χ1n) is 9.49. The number of non-ortho nitro benzene ring substituents is 1. The second-order valence-corrected chi connectivity index (χ2v) is 8.24. The molecule has 0 radical (unpaired) electrons. The summed E-state index contributed by atoms with van der Waals surface area (Å²) in [4.78, 5) is 27.1. The zero-order chi connectivity index (χ0) is 25.3. The Bertz CT molecular complexity index is 1610. The van der Waals surface area contributed by atoms with E-state index in [1.54, 1.807) is 0 Å². The van der Waals surface area contributed by atoms with Gasteiger partial charge in [0.1, 0.15) is 22.2 Å². The lowest BCUT2D eigenvalue weighted by Gasteiger charge is -2.10. The third kappa shape index (κ3) is 5.01. The highest BCUT2D eigenvalue weighted by Gasteiger charge is 2.31. The Balaban J connectivity index is 1.67. The molecule has 0 saturated heterocycles. The third-order valence-corrected chi connectivity index (χ3v) is 5.93. The second-order valence-electron chi connectivity index (χ2n) is 6.97. The van der Waals surface area contributed by atoms with E-state index in [0.29, 0.717) is 5.39 Å². The molecule has 0 atom stereocenters. The number of aromatic nitrogens is 1. The maximum Gasteiger partial charge on any atom is 0.416 e. The van der Waals surface area contributed by atoms with Gasteiger partial charge in [0.05, 0.1) is 32.5 Å². The molecular weight excluding hydrogens is 509 g/mol. The van der Waals surface area contributed by atoms with Gasteiger partial charge in [0.15, 0.2) is 0 Å². The summed E-state index contributed by atoms with van der Waals surface area (Å²) in [5.74, 6) is 0. The number of benzene rings is 2. The number of nitriles is 1. The van der Waals surface area contributed by atoms with Crippen LogP contribution in [-0.4, -0.2) is 9.91 Å². The predicted molar refractivity (Wildman–Crippen MR) is 124 cm³/mol. The van der Waals surface area contributed by atoms with Crippen LogP contribution in [0.25, 0.3) is 27.8 Å². The Morgan fingerprint density at radius 1 is 1.26 bits per heavy atom. The molecule has 0 aliphatic heterocycles. The van der Waals surface area contributed by atoms with E-state index in [0.717, 1.165) is 35.7 Å². The fraction of sp³-hybridized carbons (Fsp3) is 0.0455. The number of anilines is 1. The summed E-state index contributed by atoms with van der Waals surface area (Å²) in [7, 11) is 0. The molecule has 4 rings (SSSR count). The highest BCUT2D eigenvalue weighted by atomic mass is 35.5. The van der Waals surface area contributed by atoms with Crippen molar-refractivity contribution in [1.82, 2.24) is 4.98 Å². The summed E-state index contributed by atoms with van der Waals surface area (Å²) in [6.07, 6.45) is -3.43. The van der Waals surface area contributed by atoms with E-state index in [1.165, 1.54) is 29.6 Å². The Morgan fingerprint density at radius 3 is 2.71 bits per heavy atom. The average molecular weight is 519 g/mol. The molecular formula is C22H10ClF3N4O4S. The molecule has 2 aromatic carbocycles. The minimum atomic E-state index is -4.58. The number of nitrogens with one attached hydrogen (secondary N) is 1. The fourth-order valence-corrected chi connectivity index (χ4v) is 3.99. The molecule has 0 unspecified atom stereocenters. The van der Waals surface area contributed by atoms with E-state index in [4.69, 9.17) is 16.0 Å². The Hall–Kier alpha value is -4.21. The molecule has 0 fully saturated rings. The van der Waals surface area contributed by atoms with Gasteiger partial charge >= 0.3 is 11.8 Å². The number of halogens is 4. The molecule has 0 spiro atoms. The van der Waals surface area contributed by atoms with Crippen LogP contribution in [0.3, 0.4) is 0 Å². The molecule has 2 heterocycles. The van der Waals surface area contributed by atoms with E-state index in [1.807, 2.05) is 6.07 Å². The topological polar surface area (TPSA) is 122 Å². The van der Waals surface area contributed by atoms with Gasteiger partial charge in [-0.2, -0.15) is 18.4 Å². The first-order chi connectivity index (χ1) is 16.6. The first-order valence-corrected chi connectivity index (χ1v) is 10.7. The van der Waals surface area contributed by atoms with Crippen molar-refractivity contribution in [2.45, 2.75) is 6.18 Å². The van der Waals surface area contributed by atoms with Crippen LogP contribution in [0.2, 0.25) is 5.02 Å². The van der Waals surface area contributed by atoms with E-state index in [2.05, 4.69) is 10.3 Å². The minimum Gasteiger partial charge on any atom is -0.422 e. The number of thiazole rings is 1. The molecule has 1 N–H and O–H groups in total. The van der Waals surface area contributed by atoms with Crippen LogP contribution in [0.1, 0.15) is 10.6 Å².